The van der Waals surface area contributed by atoms with Crippen molar-refractivity contribution in [2.45, 2.75) is 49.8 Å². The first-order valence-electron chi connectivity index (χ1n) is 11.1. The smallest absolute Gasteiger partial charge is 0.251 e. The summed E-state index contributed by atoms with van der Waals surface area (Å²) in [6.45, 7) is 5.38. The second-order valence-corrected chi connectivity index (χ2v) is 10.3. The van der Waals surface area contributed by atoms with E-state index >= 15 is 0 Å². The molecule has 0 bridgehead atoms. The number of hydrogen-bond donors (Lipinski definition) is 2. The molecule has 2 aromatic carbocycles. The molecule has 1 heterocycles. The molecule has 2 aliphatic rings. The number of rotatable bonds is 7. The molecular weight excluding hydrogens is 428 g/mol. The monoisotopic (exact) mass is 458 g/mol. The van der Waals surface area contributed by atoms with Crippen LogP contribution >= 0.6 is 0 Å². The molecule has 0 saturated heterocycles. The van der Waals surface area contributed by atoms with Crippen LogP contribution in [0.4, 0.5) is 0 Å². The molecule has 1 fully saturated rings. The average Bonchev–Trinajstić information content (AvgIpc) is 3.27. The van der Waals surface area contributed by atoms with Gasteiger partial charge in [0.25, 0.3) is 5.91 Å². The number of carbonyl (C=O) groups is 1. The van der Waals surface area contributed by atoms with Crippen molar-refractivity contribution in [1.29, 1.82) is 0 Å². The minimum atomic E-state index is -3.63. The maximum absolute atomic E-state index is 13.1. The van der Waals surface area contributed by atoms with Gasteiger partial charge in [0, 0.05) is 24.1 Å². The lowest BCUT2D eigenvalue weighted by Gasteiger charge is -2.31. The van der Waals surface area contributed by atoms with Gasteiger partial charge in [0.05, 0.1) is 4.90 Å². The fraction of sp³-hybridized carbons (Fsp3) is 0.458. The number of sulfonamides is 1. The highest BCUT2D eigenvalue weighted by atomic mass is 32.2. The van der Waals surface area contributed by atoms with Gasteiger partial charge in [0.15, 0.2) is 11.5 Å². The van der Waals surface area contributed by atoms with Crippen molar-refractivity contribution in [3.8, 4) is 11.5 Å². The summed E-state index contributed by atoms with van der Waals surface area (Å²) in [7, 11) is -3.63. The molecule has 0 spiro atoms. The summed E-state index contributed by atoms with van der Waals surface area (Å²) in [5.41, 5.74) is 2.07. The molecule has 7 nitrogen and oxygen atoms in total. The van der Waals surface area contributed by atoms with Gasteiger partial charge in [0.1, 0.15) is 13.2 Å². The van der Waals surface area contributed by atoms with Crippen molar-refractivity contribution < 1.29 is 22.7 Å². The van der Waals surface area contributed by atoms with E-state index in [4.69, 9.17) is 9.47 Å². The Labute approximate surface area is 189 Å². The van der Waals surface area contributed by atoms with Crippen molar-refractivity contribution in [3.63, 3.8) is 0 Å². The maximum Gasteiger partial charge on any atom is 0.251 e. The third-order valence-electron chi connectivity index (χ3n) is 6.40. The van der Waals surface area contributed by atoms with Crippen LogP contribution in [0.15, 0.2) is 41.3 Å². The Morgan fingerprint density at radius 1 is 1.03 bits per heavy atom. The molecule has 172 valence electrons. The normalized spacial score (nSPS) is 17.2. The predicted octanol–water partition coefficient (Wildman–Crippen LogP) is 3.31. The number of hydrogen-bond acceptors (Lipinski definition) is 5. The van der Waals surface area contributed by atoms with Crippen LogP contribution < -0.4 is 19.5 Å². The highest BCUT2D eigenvalue weighted by molar-refractivity contribution is 7.89. The third-order valence-corrected chi connectivity index (χ3v) is 7.94. The Morgan fingerprint density at radius 2 is 1.75 bits per heavy atom. The zero-order chi connectivity index (χ0) is 22.8. The van der Waals surface area contributed by atoms with Crippen LogP contribution in [0.25, 0.3) is 0 Å². The number of fused-ring (bicyclic) bond motifs is 1. The highest BCUT2D eigenvalue weighted by Crippen LogP contribution is 2.43. The first-order chi connectivity index (χ1) is 15.3. The fourth-order valence-corrected chi connectivity index (χ4v) is 5.69. The summed E-state index contributed by atoms with van der Waals surface area (Å²) in [6.07, 6.45) is 4.14. The maximum atomic E-state index is 13.1. The standard InChI is InChI=1S/C24H30N2O5S/c1-3-26-32(28,29)19-8-6-17(2)20(15-19)23(27)25-16-24(10-4-5-11-24)18-7-9-21-22(14-18)31-13-12-30-21/h6-9,14-15,26H,3-5,10-13,16H2,1-2H3,(H,25,27). The van der Waals surface area contributed by atoms with Gasteiger partial charge >= 0.3 is 0 Å². The molecule has 1 saturated carbocycles. The molecule has 1 amide bonds. The molecule has 1 aliphatic carbocycles. The van der Waals surface area contributed by atoms with Gasteiger partial charge in [-0.25, -0.2) is 13.1 Å². The zero-order valence-electron chi connectivity index (χ0n) is 18.6. The van der Waals surface area contributed by atoms with E-state index in [0.29, 0.717) is 25.3 Å². The Bertz CT molecular complexity index is 1110. The van der Waals surface area contributed by atoms with Gasteiger partial charge < -0.3 is 14.8 Å². The van der Waals surface area contributed by atoms with Crippen LogP contribution in [0, 0.1) is 6.92 Å². The average molecular weight is 459 g/mol. The molecule has 32 heavy (non-hydrogen) atoms. The molecule has 2 N–H and O–H groups in total. The highest BCUT2D eigenvalue weighted by Gasteiger charge is 2.37. The van der Waals surface area contributed by atoms with Gasteiger partial charge in [-0.2, -0.15) is 0 Å². The molecule has 4 rings (SSSR count). The Balaban J connectivity index is 1.56. The first kappa shape index (κ1) is 22.6. The molecule has 0 unspecified atom stereocenters. The molecule has 0 aromatic heterocycles. The third kappa shape index (κ3) is 4.47. The van der Waals surface area contributed by atoms with Crippen molar-refractivity contribution in [2.75, 3.05) is 26.3 Å². The summed E-state index contributed by atoms with van der Waals surface area (Å²) in [5.74, 6) is 1.25. The Morgan fingerprint density at radius 3 is 2.47 bits per heavy atom. The van der Waals surface area contributed by atoms with Crippen LogP contribution in [-0.2, 0) is 15.4 Å². The summed E-state index contributed by atoms with van der Waals surface area (Å²) in [6, 6.07) is 10.7. The lowest BCUT2D eigenvalue weighted by molar-refractivity contribution is 0.0942. The van der Waals surface area contributed by atoms with E-state index in [-0.39, 0.29) is 22.8 Å². The van der Waals surface area contributed by atoms with E-state index in [1.54, 1.807) is 13.0 Å². The summed E-state index contributed by atoms with van der Waals surface area (Å²) in [4.78, 5) is 13.2. The van der Waals surface area contributed by atoms with Crippen LogP contribution in [0.5, 0.6) is 11.5 Å². The number of amides is 1. The van der Waals surface area contributed by atoms with Crippen LogP contribution in [0.1, 0.15) is 54.1 Å². The summed E-state index contributed by atoms with van der Waals surface area (Å²) >= 11 is 0. The topological polar surface area (TPSA) is 93.7 Å². The van der Waals surface area contributed by atoms with E-state index in [2.05, 4.69) is 16.1 Å². The van der Waals surface area contributed by atoms with Crippen LogP contribution in [0.2, 0.25) is 0 Å². The molecular formula is C24H30N2O5S. The quantitative estimate of drug-likeness (QED) is 0.664. The molecule has 0 radical (unpaired) electrons. The molecule has 1 aliphatic heterocycles. The van der Waals surface area contributed by atoms with E-state index in [0.717, 1.165) is 48.3 Å². The number of nitrogens with one attached hydrogen (secondary N) is 2. The summed E-state index contributed by atoms with van der Waals surface area (Å²) in [5, 5.41) is 3.09. The lowest BCUT2D eigenvalue weighted by Crippen LogP contribution is -2.39. The molecule has 0 atom stereocenters. The van der Waals surface area contributed by atoms with E-state index < -0.39 is 10.0 Å². The second kappa shape index (κ2) is 9.11. The first-order valence-corrected chi connectivity index (χ1v) is 12.6. The van der Waals surface area contributed by atoms with E-state index in [1.165, 1.54) is 12.1 Å². The van der Waals surface area contributed by atoms with Crippen molar-refractivity contribution in [1.82, 2.24) is 10.0 Å². The number of ether oxygens (including phenoxy) is 2. The van der Waals surface area contributed by atoms with E-state index in [1.807, 2.05) is 19.1 Å². The van der Waals surface area contributed by atoms with Crippen molar-refractivity contribution in [3.05, 3.63) is 53.1 Å². The largest absolute Gasteiger partial charge is 0.486 e. The fourth-order valence-electron chi connectivity index (χ4n) is 4.62. The minimum absolute atomic E-state index is 0.0949. The summed E-state index contributed by atoms with van der Waals surface area (Å²) < 4.78 is 38.6. The van der Waals surface area contributed by atoms with Gasteiger partial charge in [-0.1, -0.05) is 31.9 Å². The second-order valence-electron chi connectivity index (χ2n) is 8.51. The minimum Gasteiger partial charge on any atom is -0.486 e. The van der Waals surface area contributed by atoms with Crippen LogP contribution in [-0.4, -0.2) is 40.6 Å². The van der Waals surface area contributed by atoms with Gasteiger partial charge in [-0.15, -0.1) is 0 Å². The van der Waals surface area contributed by atoms with Gasteiger partial charge in [0.2, 0.25) is 10.0 Å². The number of carbonyl (C=O) groups excluding carboxylic acids is 1. The molecule has 2 aromatic rings. The number of aryl methyl sites for hydroxylation is 1. The Hall–Kier alpha value is -2.58. The van der Waals surface area contributed by atoms with E-state index in [9.17, 15) is 13.2 Å². The Kier molecular flexibility index (Phi) is 6.44. The predicted molar refractivity (Wildman–Crippen MR) is 122 cm³/mol. The van der Waals surface area contributed by atoms with Crippen molar-refractivity contribution >= 4 is 15.9 Å². The van der Waals surface area contributed by atoms with Gasteiger partial charge in [-0.05, 0) is 55.2 Å². The van der Waals surface area contributed by atoms with Gasteiger partial charge in [-0.3, -0.25) is 4.79 Å². The molecule has 8 heteroatoms. The number of benzene rings is 2. The van der Waals surface area contributed by atoms with Crippen LogP contribution in [0.3, 0.4) is 0 Å². The SMILES string of the molecule is CCNS(=O)(=O)c1ccc(C)c(C(=O)NCC2(c3ccc4c(c3)OCCO4)CCCC2)c1. The zero-order valence-corrected chi connectivity index (χ0v) is 19.4. The van der Waals surface area contributed by atoms with Crippen molar-refractivity contribution in [2.24, 2.45) is 0 Å². The lowest BCUT2D eigenvalue weighted by atomic mass is 9.78.